The average Bonchev–Trinajstić information content (AvgIpc) is 2.59. The van der Waals surface area contributed by atoms with Gasteiger partial charge in [-0.05, 0) is 24.6 Å². The Bertz CT molecular complexity index is 633. The number of aryl methyl sites for hydroxylation is 1. The minimum atomic E-state index is 1.02. The molecule has 1 saturated heterocycles. The number of quaternary nitrogens is 2. The molecule has 3 nitrogen and oxygen atoms in total. The Hall–Kier alpha value is -1.84. The second-order valence-corrected chi connectivity index (χ2v) is 6.59. The molecule has 0 aromatic heterocycles. The molecule has 0 aliphatic carbocycles. The zero-order valence-corrected chi connectivity index (χ0v) is 14.3. The van der Waals surface area contributed by atoms with Crippen molar-refractivity contribution in [1.82, 2.24) is 0 Å². The summed E-state index contributed by atoms with van der Waals surface area (Å²) in [6, 6.07) is 17.2. The van der Waals surface area contributed by atoms with Crippen molar-refractivity contribution in [3.8, 4) is 5.75 Å². The Balaban J connectivity index is 1.53. The van der Waals surface area contributed by atoms with E-state index in [0.29, 0.717) is 0 Å². The minimum absolute atomic E-state index is 1.02. The summed E-state index contributed by atoms with van der Waals surface area (Å²) in [6.07, 6.45) is 0. The Morgan fingerprint density at radius 3 is 1.91 bits per heavy atom. The van der Waals surface area contributed by atoms with Gasteiger partial charge in [-0.15, -0.1) is 0 Å². The lowest BCUT2D eigenvalue weighted by Crippen LogP contribution is -3.27. The van der Waals surface area contributed by atoms with E-state index in [-0.39, 0.29) is 0 Å². The van der Waals surface area contributed by atoms with E-state index in [0.717, 1.165) is 18.8 Å². The van der Waals surface area contributed by atoms with E-state index in [1.807, 2.05) is 6.07 Å². The molecule has 2 aromatic carbocycles. The fraction of sp³-hybridized carbons (Fsp3) is 0.400. The molecule has 2 N–H and O–H groups in total. The van der Waals surface area contributed by atoms with Crippen LogP contribution in [0.2, 0.25) is 0 Å². The van der Waals surface area contributed by atoms with Gasteiger partial charge in [-0.3, -0.25) is 0 Å². The van der Waals surface area contributed by atoms with Crippen LogP contribution in [0.25, 0.3) is 0 Å². The van der Waals surface area contributed by atoms with Crippen molar-refractivity contribution in [3.05, 3.63) is 65.2 Å². The van der Waals surface area contributed by atoms with Gasteiger partial charge in [0, 0.05) is 11.1 Å². The van der Waals surface area contributed by atoms with Crippen LogP contribution < -0.4 is 14.5 Å². The standard InChI is InChI=1S/C20H26N2O/c1-17-7-3-4-8-18(17)15-21-11-13-22(14-12-21)16-19-9-5-6-10-20(19)23-2/h3-10H,11-16H2,1-2H3/p+2. The molecule has 0 radical (unpaired) electrons. The van der Waals surface area contributed by atoms with E-state index >= 15 is 0 Å². The van der Waals surface area contributed by atoms with Gasteiger partial charge in [0.1, 0.15) is 45.0 Å². The van der Waals surface area contributed by atoms with Crippen molar-refractivity contribution in [1.29, 1.82) is 0 Å². The Kier molecular flexibility index (Phi) is 5.31. The maximum atomic E-state index is 5.48. The summed E-state index contributed by atoms with van der Waals surface area (Å²) in [4.78, 5) is 3.38. The van der Waals surface area contributed by atoms with E-state index in [9.17, 15) is 0 Å². The van der Waals surface area contributed by atoms with Crippen LogP contribution in [0.1, 0.15) is 16.7 Å². The van der Waals surface area contributed by atoms with Gasteiger partial charge in [0.2, 0.25) is 0 Å². The second kappa shape index (κ2) is 7.62. The van der Waals surface area contributed by atoms with Gasteiger partial charge in [-0.2, -0.15) is 0 Å². The molecule has 0 saturated carbocycles. The summed E-state index contributed by atoms with van der Waals surface area (Å²) in [6.45, 7) is 9.42. The Labute approximate surface area is 139 Å². The number of para-hydroxylation sites is 1. The lowest BCUT2D eigenvalue weighted by atomic mass is 10.1. The van der Waals surface area contributed by atoms with Crippen molar-refractivity contribution in [2.75, 3.05) is 33.3 Å². The van der Waals surface area contributed by atoms with Crippen LogP contribution in [0.15, 0.2) is 48.5 Å². The van der Waals surface area contributed by atoms with Crippen molar-refractivity contribution < 1.29 is 14.5 Å². The van der Waals surface area contributed by atoms with Crippen LogP contribution in [0.4, 0.5) is 0 Å². The van der Waals surface area contributed by atoms with E-state index in [2.05, 4.69) is 49.4 Å². The average molecular weight is 312 g/mol. The topological polar surface area (TPSA) is 18.1 Å². The highest BCUT2D eigenvalue weighted by molar-refractivity contribution is 5.32. The predicted molar refractivity (Wildman–Crippen MR) is 93.0 cm³/mol. The summed E-state index contributed by atoms with van der Waals surface area (Å²) in [5.41, 5.74) is 4.24. The first kappa shape index (κ1) is 16.0. The highest BCUT2D eigenvalue weighted by Gasteiger charge is 2.24. The molecule has 0 spiro atoms. The van der Waals surface area contributed by atoms with Crippen molar-refractivity contribution >= 4 is 0 Å². The third-order valence-electron chi connectivity index (χ3n) is 5.00. The minimum Gasteiger partial charge on any atom is -0.496 e. The molecule has 1 aliphatic rings. The van der Waals surface area contributed by atoms with Crippen LogP contribution in [-0.4, -0.2) is 33.3 Å². The number of methoxy groups -OCH3 is 1. The van der Waals surface area contributed by atoms with Crippen LogP contribution in [-0.2, 0) is 13.1 Å². The molecule has 1 aliphatic heterocycles. The highest BCUT2D eigenvalue weighted by Crippen LogP contribution is 2.15. The molecule has 122 valence electrons. The molecule has 3 heteroatoms. The first-order valence-corrected chi connectivity index (χ1v) is 8.60. The van der Waals surface area contributed by atoms with E-state index in [1.54, 1.807) is 16.9 Å². The zero-order valence-electron chi connectivity index (χ0n) is 14.3. The zero-order chi connectivity index (χ0) is 16.1. The van der Waals surface area contributed by atoms with Crippen LogP contribution in [0.3, 0.4) is 0 Å². The van der Waals surface area contributed by atoms with Crippen LogP contribution >= 0.6 is 0 Å². The molecule has 3 rings (SSSR count). The number of nitrogens with one attached hydrogen (secondary N) is 2. The summed E-state index contributed by atoms with van der Waals surface area (Å²) in [5.74, 6) is 1.02. The summed E-state index contributed by atoms with van der Waals surface area (Å²) >= 11 is 0. The molecule has 0 unspecified atom stereocenters. The number of piperazine rings is 1. The maximum Gasteiger partial charge on any atom is 0.127 e. The monoisotopic (exact) mass is 312 g/mol. The van der Waals surface area contributed by atoms with Gasteiger partial charge < -0.3 is 14.5 Å². The van der Waals surface area contributed by atoms with Crippen LogP contribution in [0, 0.1) is 6.92 Å². The first-order chi connectivity index (χ1) is 11.3. The van der Waals surface area contributed by atoms with Gasteiger partial charge in [0.05, 0.1) is 7.11 Å². The number of rotatable bonds is 5. The quantitative estimate of drug-likeness (QED) is 0.822. The van der Waals surface area contributed by atoms with Crippen LogP contribution in [0.5, 0.6) is 5.75 Å². The summed E-state index contributed by atoms with van der Waals surface area (Å²) in [7, 11) is 1.76. The molecule has 23 heavy (non-hydrogen) atoms. The van der Waals surface area contributed by atoms with E-state index < -0.39 is 0 Å². The van der Waals surface area contributed by atoms with Crippen molar-refractivity contribution in [2.45, 2.75) is 20.0 Å². The van der Waals surface area contributed by atoms with E-state index in [4.69, 9.17) is 4.74 Å². The van der Waals surface area contributed by atoms with Gasteiger partial charge in [-0.25, -0.2) is 0 Å². The summed E-state index contributed by atoms with van der Waals surface area (Å²) < 4.78 is 5.48. The molecular weight excluding hydrogens is 284 g/mol. The fourth-order valence-electron chi connectivity index (χ4n) is 3.51. The van der Waals surface area contributed by atoms with E-state index in [1.165, 1.54) is 42.9 Å². The molecule has 1 fully saturated rings. The Morgan fingerprint density at radius 1 is 0.783 bits per heavy atom. The lowest BCUT2D eigenvalue weighted by Gasteiger charge is -2.30. The molecule has 0 atom stereocenters. The molecule has 0 bridgehead atoms. The SMILES string of the molecule is COc1ccccc1C[NH+]1CC[NH+](Cc2ccccc2C)CC1. The third kappa shape index (κ3) is 4.12. The second-order valence-electron chi connectivity index (χ2n) is 6.59. The number of hydrogen-bond donors (Lipinski definition) is 2. The predicted octanol–water partition coefficient (Wildman–Crippen LogP) is 0.487. The number of hydrogen-bond acceptors (Lipinski definition) is 1. The van der Waals surface area contributed by atoms with Crippen molar-refractivity contribution in [2.24, 2.45) is 0 Å². The highest BCUT2D eigenvalue weighted by atomic mass is 16.5. The maximum absolute atomic E-state index is 5.48. The number of ether oxygens (including phenoxy) is 1. The Morgan fingerprint density at radius 2 is 1.30 bits per heavy atom. The molecular formula is C20H28N2O+2. The normalized spacial score (nSPS) is 21.1. The summed E-state index contributed by atoms with van der Waals surface area (Å²) in [5, 5.41) is 0. The first-order valence-electron chi connectivity index (χ1n) is 8.60. The molecule has 0 amide bonds. The fourth-order valence-corrected chi connectivity index (χ4v) is 3.51. The van der Waals surface area contributed by atoms with Gasteiger partial charge in [0.15, 0.2) is 0 Å². The number of benzene rings is 2. The lowest BCUT2D eigenvalue weighted by molar-refractivity contribution is -1.02. The van der Waals surface area contributed by atoms with Gasteiger partial charge in [0.25, 0.3) is 0 Å². The smallest absolute Gasteiger partial charge is 0.127 e. The largest absolute Gasteiger partial charge is 0.496 e. The van der Waals surface area contributed by atoms with Gasteiger partial charge >= 0.3 is 0 Å². The van der Waals surface area contributed by atoms with Crippen molar-refractivity contribution in [3.63, 3.8) is 0 Å². The molecule has 2 aromatic rings. The van der Waals surface area contributed by atoms with Gasteiger partial charge in [-0.1, -0.05) is 36.4 Å². The molecule has 1 heterocycles. The third-order valence-corrected chi connectivity index (χ3v) is 5.00.